The van der Waals surface area contributed by atoms with E-state index in [0.29, 0.717) is 19.5 Å². The number of carbonyl (C=O) groups is 1. The fourth-order valence-electron chi connectivity index (χ4n) is 2.44. The van der Waals surface area contributed by atoms with Crippen LogP contribution in [0.2, 0.25) is 0 Å². The summed E-state index contributed by atoms with van der Waals surface area (Å²) in [4.78, 5) is 13.8. The number of benzene rings is 1. The number of rotatable bonds is 5. The highest BCUT2D eigenvalue weighted by Gasteiger charge is 2.28. The Kier molecular flexibility index (Phi) is 4.18. The van der Waals surface area contributed by atoms with Gasteiger partial charge in [-0.25, -0.2) is 0 Å². The molecule has 2 N–H and O–H groups in total. The molecule has 0 fully saturated rings. The van der Waals surface area contributed by atoms with Crippen molar-refractivity contribution >= 4 is 11.6 Å². The van der Waals surface area contributed by atoms with Gasteiger partial charge in [0, 0.05) is 12.2 Å². The fraction of sp³-hybridized carbons (Fsp3) is 0.467. The molecule has 1 atom stereocenters. The Morgan fingerprint density at radius 1 is 1.53 bits per heavy atom. The van der Waals surface area contributed by atoms with E-state index in [1.165, 1.54) is 5.56 Å². The molecule has 1 heterocycles. The third-order valence-electron chi connectivity index (χ3n) is 3.59. The van der Waals surface area contributed by atoms with Crippen LogP contribution in [-0.2, 0) is 17.6 Å². The molecular formula is C15H19N3O. The van der Waals surface area contributed by atoms with Crippen molar-refractivity contribution in [1.82, 2.24) is 0 Å². The maximum atomic E-state index is 12.1. The number of carbonyl (C=O) groups excluding carboxylic acids is 1. The molecule has 0 saturated carbocycles. The van der Waals surface area contributed by atoms with Crippen LogP contribution in [0, 0.1) is 17.2 Å². The van der Waals surface area contributed by atoms with Gasteiger partial charge in [0.2, 0.25) is 5.91 Å². The smallest absolute Gasteiger partial charge is 0.231 e. The Balaban J connectivity index is 2.22. The molecule has 1 aliphatic heterocycles. The normalized spacial score (nSPS) is 15.2. The molecule has 2 rings (SSSR count). The molecule has 1 unspecified atom stereocenters. The quantitative estimate of drug-likeness (QED) is 0.871. The molecule has 0 aromatic heterocycles. The van der Waals surface area contributed by atoms with Crippen LogP contribution in [0.15, 0.2) is 18.2 Å². The van der Waals surface area contributed by atoms with Crippen molar-refractivity contribution in [2.24, 2.45) is 11.7 Å². The SMILES string of the molecule is CCC(C#N)CN1C(=O)Cc2cc(CCN)ccc21. The van der Waals surface area contributed by atoms with E-state index in [9.17, 15) is 4.79 Å². The molecule has 1 aromatic rings. The van der Waals surface area contributed by atoms with E-state index in [0.717, 1.165) is 24.1 Å². The van der Waals surface area contributed by atoms with Crippen LogP contribution < -0.4 is 10.6 Å². The first-order valence-corrected chi connectivity index (χ1v) is 6.71. The number of hydrogen-bond acceptors (Lipinski definition) is 3. The Labute approximate surface area is 113 Å². The molecule has 0 bridgehead atoms. The highest BCUT2D eigenvalue weighted by Crippen LogP contribution is 2.30. The zero-order valence-electron chi connectivity index (χ0n) is 11.2. The van der Waals surface area contributed by atoms with Crippen molar-refractivity contribution < 1.29 is 4.79 Å². The van der Waals surface area contributed by atoms with Crippen LogP contribution >= 0.6 is 0 Å². The van der Waals surface area contributed by atoms with Gasteiger partial charge in [0.05, 0.1) is 18.4 Å². The molecule has 0 saturated heterocycles. The molecule has 100 valence electrons. The van der Waals surface area contributed by atoms with Crippen molar-refractivity contribution in [3.8, 4) is 6.07 Å². The molecule has 1 amide bonds. The second kappa shape index (κ2) is 5.85. The first kappa shape index (κ1) is 13.6. The summed E-state index contributed by atoms with van der Waals surface area (Å²) in [5.74, 6) is -0.00721. The summed E-state index contributed by atoms with van der Waals surface area (Å²) in [6, 6.07) is 8.31. The molecule has 4 heteroatoms. The van der Waals surface area contributed by atoms with E-state index < -0.39 is 0 Å². The van der Waals surface area contributed by atoms with Crippen molar-refractivity contribution in [2.75, 3.05) is 18.0 Å². The van der Waals surface area contributed by atoms with Gasteiger partial charge < -0.3 is 10.6 Å². The van der Waals surface area contributed by atoms with Crippen molar-refractivity contribution in [3.63, 3.8) is 0 Å². The van der Waals surface area contributed by atoms with Crippen LogP contribution in [0.25, 0.3) is 0 Å². The minimum absolute atomic E-state index is 0.0913. The predicted molar refractivity (Wildman–Crippen MR) is 74.7 cm³/mol. The maximum Gasteiger partial charge on any atom is 0.231 e. The van der Waals surface area contributed by atoms with E-state index in [-0.39, 0.29) is 11.8 Å². The largest absolute Gasteiger partial charge is 0.330 e. The highest BCUT2D eigenvalue weighted by atomic mass is 16.2. The average Bonchev–Trinajstić information content (AvgIpc) is 2.71. The minimum atomic E-state index is -0.0985. The van der Waals surface area contributed by atoms with Crippen molar-refractivity contribution in [3.05, 3.63) is 29.3 Å². The van der Waals surface area contributed by atoms with Crippen molar-refractivity contribution in [2.45, 2.75) is 26.2 Å². The number of amides is 1. The summed E-state index contributed by atoms with van der Waals surface area (Å²) in [7, 11) is 0. The van der Waals surface area contributed by atoms with Crippen LogP contribution in [0.3, 0.4) is 0 Å². The number of nitrogens with two attached hydrogens (primary N) is 1. The number of hydrogen-bond donors (Lipinski definition) is 1. The van der Waals surface area contributed by atoms with Gasteiger partial charge in [-0.1, -0.05) is 19.1 Å². The predicted octanol–water partition coefficient (Wildman–Crippen LogP) is 1.63. The second-order valence-corrected chi connectivity index (χ2v) is 4.92. The topological polar surface area (TPSA) is 70.1 Å². The molecular weight excluding hydrogens is 238 g/mol. The van der Waals surface area contributed by atoms with Gasteiger partial charge in [-0.2, -0.15) is 5.26 Å². The molecule has 0 aliphatic carbocycles. The van der Waals surface area contributed by atoms with Crippen LogP contribution in [0.4, 0.5) is 5.69 Å². The molecule has 19 heavy (non-hydrogen) atoms. The number of nitriles is 1. The van der Waals surface area contributed by atoms with E-state index in [1.54, 1.807) is 4.90 Å². The lowest BCUT2D eigenvalue weighted by Crippen LogP contribution is -2.31. The van der Waals surface area contributed by atoms with Gasteiger partial charge in [0.1, 0.15) is 0 Å². The summed E-state index contributed by atoms with van der Waals surface area (Å²) in [5, 5.41) is 9.03. The Bertz CT molecular complexity index is 519. The molecule has 1 aliphatic rings. The number of anilines is 1. The van der Waals surface area contributed by atoms with E-state index >= 15 is 0 Å². The minimum Gasteiger partial charge on any atom is -0.330 e. The lowest BCUT2D eigenvalue weighted by Gasteiger charge is -2.20. The molecule has 4 nitrogen and oxygen atoms in total. The van der Waals surface area contributed by atoms with Crippen LogP contribution in [0.5, 0.6) is 0 Å². The summed E-state index contributed by atoms with van der Waals surface area (Å²) in [6.07, 6.45) is 2.04. The lowest BCUT2D eigenvalue weighted by atomic mass is 10.1. The molecule has 0 radical (unpaired) electrons. The standard InChI is InChI=1S/C15H19N3O/c1-2-11(9-17)10-18-14-4-3-12(5-6-16)7-13(14)8-15(18)19/h3-4,7,11H,2,5-6,8,10,16H2,1H3. The first-order chi connectivity index (χ1) is 9.19. The lowest BCUT2D eigenvalue weighted by molar-refractivity contribution is -0.117. The van der Waals surface area contributed by atoms with Crippen LogP contribution in [-0.4, -0.2) is 19.0 Å². The summed E-state index contributed by atoms with van der Waals surface area (Å²) in [6.45, 7) is 3.08. The Hall–Kier alpha value is -1.86. The van der Waals surface area contributed by atoms with Crippen molar-refractivity contribution in [1.29, 1.82) is 5.26 Å². The highest BCUT2D eigenvalue weighted by molar-refractivity contribution is 6.01. The maximum absolute atomic E-state index is 12.1. The van der Waals surface area contributed by atoms with Crippen LogP contribution in [0.1, 0.15) is 24.5 Å². The fourth-order valence-corrected chi connectivity index (χ4v) is 2.44. The summed E-state index contributed by atoms with van der Waals surface area (Å²) < 4.78 is 0. The van der Waals surface area contributed by atoms with E-state index in [2.05, 4.69) is 12.1 Å². The average molecular weight is 257 g/mol. The van der Waals surface area contributed by atoms with Gasteiger partial charge in [-0.05, 0) is 36.6 Å². The van der Waals surface area contributed by atoms with Gasteiger partial charge in [-0.15, -0.1) is 0 Å². The van der Waals surface area contributed by atoms with Gasteiger partial charge in [0.15, 0.2) is 0 Å². The molecule has 0 spiro atoms. The summed E-state index contributed by atoms with van der Waals surface area (Å²) >= 11 is 0. The molecule has 1 aromatic carbocycles. The van der Waals surface area contributed by atoms with E-state index in [1.807, 2.05) is 19.1 Å². The van der Waals surface area contributed by atoms with Gasteiger partial charge in [-0.3, -0.25) is 4.79 Å². The third kappa shape index (κ3) is 2.77. The van der Waals surface area contributed by atoms with Gasteiger partial charge >= 0.3 is 0 Å². The zero-order valence-corrected chi connectivity index (χ0v) is 11.2. The Morgan fingerprint density at radius 2 is 2.32 bits per heavy atom. The zero-order chi connectivity index (χ0) is 13.8. The van der Waals surface area contributed by atoms with Gasteiger partial charge in [0.25, 0.3) is 0 Å². The number of nitrogens with zero attached hydrogens (tertiary/aromatic N) is 2. The van der Waals surface area contributed by atoms with E-state index in [4.69, 9.17) is 11.0 Å². The Morgan fingerprint density at radius 3 is 2.95 bits per heavy atom. The first-order valence-electron chi connectivity index (χ1n) is 6.71. The second-order valence-electron chi connectivity index (χ2n) is 4.92. The number of fused-ring (bicyclic) bond motifs is 1. The summed E-state index contributed by atoms with van der Waals surface area (Å²) in [5.41, 5.74) is 8.74. The third-order valence-corrected chi connectivity index (χ3v) is 3.59. The monoisotopic (exact) mass is 257 g/mol.